The maximum atomic E-state index is 12.0. The molecule has 0 saturated heterocycles. The van der Waals surface area contributed by atoms with Crippen molar-refractivity contribution >= 4 is 23.7 Å². The summed E-state index contributed by atoms with van der Waals surface area (Å²) in [4.78, 5) is 34.0. The van der Waals surface area contributed by atoms with E-state index in [-0.39, 0.29) is 12.2 Å². The van der Waals surface area contributed by atoms with Gasteiger partial charge in [-0.15, -0.1) is 0 Å². The van der Waals surface area contributed by atoms with E-state index >= 15 is 0 Å². The molecule has 9 nitrogen and oxygen atoms in total. The molecule has 0 saturated carbocycles. The van der Waals surface area contributed by atoms with Crippen molar-refractivity contribution in [2.45, 2.75) is 13.3 Å². The van der Waals surface area contributed by atoms with E-state index in [4.69, 9.17) is 4.74 Å². The summed E-state index contributed by atoms with van der Waals surface area (Å²) in [7, 11) is 0. The Morgan fingerprint density at radius 2 is 1.96 bits per heavy atom. The zero-order chi connectivity index (χ0) is 20.4. The Labute approximate surface area is 161 Å². The minimum absolute atomic E-state index is 0.0753. The molecule has 0 spiro atoms. The fourth-order valence-corrected chi connectivity index (χ4v) is 2.12. The lowest BCUT2D eigenvalue weighted by molar-refractivity contribution is -0.384. The lowest BCUT2D eigenvalue weighted by Crippen LogP contribution is -2.34. The molecular weight excluding hydrogens is 364 g/mol. The number of nitrogens with one attached hydrogen (secondary N) is 2. The molecule has 0 aliphatic heterocycles. The summed E-state index contributed by atoms with van der Waals surface area (Å²) in [6.45, 7) is 2.34. The van der Waals surface area contributed by atoms with Gasteiger partial charge in [-0.3, -0.25) is 19.7 Å². The van der Waals surface area contributed by atoms with Crippen LogP contribution in [-0.4, -0.2) is 36.1 Å². The maximum Gasteiger partial charge on any atom is 0.270 e. The molecule has 0 unspecified atom stereocenters. The number of rotatable bonds is 9. The molecule has 2 rings (SSSR count). The summed E-state index contributed by atoms with van der Waals surface area (Å²) in [6, 6.07) is 12.4. The van der Waals surface area contributed by atoms with Gasteiger partial charge in [0.2, 0.25) is 0 Å². The highest BCUT2D eigenvalue weighted by Gasteiger charge is 2.08. The Hall–Kier alpha value is -3.75. The first kappa shape index (κ1) is 20.6. The van der Waals surface area contributed by atoms with E-state index in [0.717, 1.165) is 6.42 Å². The van der Waals surface area contributed by atoms with Crippen molar-refractivity contribution in [1.82, 2.24) is 10.7 Å². The molecule has 146 valence electrons. The number of ether oxygens (including phenoxy) is 1. The smallest absolute Gasteiger partial charge is 0.270 e. The van der Waals surface area contributed by atoms with E-state index in [2.05, 4.69) is 15.8 Å². The van der Waals surface area contributed by atoms with Crippen LogP contribution in [0.15, 0.2) is 53.6 Å². The third kappa shape index (κ3) is 6.52. The summed E-state index contributed by atoms with van der Waals surface area (Å²) in [5.41, 5.74) is 3.03. The van der Waals surface area contributed by atoms with Gasteiger partial charge in [0.25, 0.3) is 17.5 Å². The van der Waals surface area contributed by atoms with Crippen molar-refractivity contribution in [1.29, 1.82) is 0 Å². The van der Waals surface area contributed by atoms with Crippen LogP contribution in [0.1, 0.15) is 29.3 Å². The van der Waals surface area contributed by atoms with Crippen LogP contribution < -0.4 is 15.5 Å². The number of nitro groups is 1. The second-order valence-electron chi connectivity index (χ2n) is 5.70. The van der Waals surface area contributed by atoms with Gasteiger partial charge in [-0.2, -0.15) is 5.10 Å². The van der Waals surface area contributed by atoms with Gasteiger partial charge >= 0.3 is 0 Å². The third-order valence-corrected chi connectivity index (χ3v) is 3.48. The Bertz CT molecular complexity index is 865. The zero-order valence-electron chi connectivity index (χ0n) is 15.3. The van der Waals surface area contributed by atoms with Crippen molar-refractivity contribution in [2.75, 3.05) is 13.2 Å². The quantitative estimate of drug-likeness (QED) is 0.390. The van der Waals surface area contributed by atoms with Gasteiger partial charge in [-0.25, -0.2) is 5.43 Å². The molecule has 2 aromatic rings. The fourth-order valence-electron chi connectivity index (χ4n) is 2.12. The minimum atomic E-state index is -0.530. The van der Waals surface area contributed by atoms with Crippen molar-refractivity contribution in [3.05, 3.63) is 69.8 Å². The number of hydrazone groups is 1. The SMILES string of the molecule is CCCOc1ccc(C(=O)NCC(=O)N/N=C\c2cccc([N+](=O)[O-])c2)cc1. The van der Waals surface area contributed by atoms with Gasteiger partial charge in [0, 0.05) is 23.3 Å². The predicted octanol–water partition coefficient (Wildman–Crippen LogP) is 2.26. The van der Waals surface area contributed by atoms with Crippen LogP contribution in [0.2, 0.25) is 0 Å². The average Bonchev–Trinajstić information content (AvgIpc) is 2.71. The molecule has 0 fully saturated rings. The topological polar surface area (TPSA) is 123 Å². The highest BCUT2D eigenvalue weighted by molar-refractivity contribution is 5.96. The largest absolute Gasteiger partial charge is 0.494 e. The van der Waals surface area contributed by atoms with Crippen molar-refractivity contribution in [2.24, 2.45) is 5.10 Å². The first-order chi connectivity index (χ1) is 13.5. The van der Waals surface area contributed by atoms with E-state index in [1.54, 1.807) is 30.3 Å². The number of non-ortho nitro benzene ring substituents is 1. The number of benzene rings is 2. The van der Waals surface area contributed by atoms with Crippen LogP contribution in [0.4, 0.5) is 5.69 Å². The molecule has 28 heavy (non-hydrogen) atoms. The molecule has 0 aromatic heterocycles. The van der Waals surface area contributed by atoms with E-state index in [1.807, 2.05) is 6.92 Å². The normalized spacial score (nSPS) is 10.5. The standard InChI is InChI=1S/C19H20N4O5/c1-2-10-28-17-8-6-15(7-9-17)19(25)20-13-18(24)22-21-12-14-4-3-5-16(11-14)23(26)27/h3-9,11-12H,2,10,13H2,1H3,(H,20,25)(H,22,24)/b21-12-. The van der Waals surface area contributed by atoms with Crippen LogP contribution in [0.3, 0.4) is 0 Å². The molecule has 2 N–H and O–H groups in total. The number of nitrogens with zero attached hydrogens (tertiary/aromatic N) is 2. The fraction of sp³-hybridized carbons (Fsp3) is 0.211. The summed E-state index contributed by atoms with van der Waals surface area (Å²) in [5, 5.41) is 16.9. The number of hydrogen-bond donors (Lipinski definition) is 2. The Morgan fingerprint density at radius 1 is 1.21 bits per heavy atom. The molecule has 2 amide bonds. The highest BCUT2D eigenvalue weighted by Crippen LogP contribution is 2.12. The van der Waals surface area contributed by atoms with E-state index < -0.39 is 16.7 Å². The molecule has 0 aliphatic rings. The first-order valence-corrected chi connectivity index (χ1v) is 8.57. The molecule has 0 radical (unpaired) electrons. The second kappa shape index (κ2) is 10.4. The lowest BCUT2D eigenvalue weighted by atomic mass is 10.2. The second-order valence-corrected chi connectivity index (χ2v) is 5.70. The summed E-state index contributed by atoms with van der Waals surface area (Å²) < 4.78 is 5.44. The van der Waals surface area contributed by atoms with E-state index in [1.165, 1.54) is 24.4 Å². The molecule has 0 heterocycles. The van der Waals surface area contributed by atoms with Crippen molar-refractivity contribution in [3.8, 4) is 5.75 Å². The van der Waals surface area contributed by atoms with Crippen LogP contribution in [0.25, 0.3) is 0 Å². The van der Waals surface area contributed by atoms with Crippen molar-refractivity contribution in [3.63, 3.8) is 0 Å². The van der Waals surface area contributed by atoms with Crippen LogP contribution >= 0.6 is 0 Å². The van der Waals surface area contributed by atoms with Crippen LogP contribution in [-0.2, 0) is 4.79 Å². The maximum absolute atomic E-state index is 12.0. The monoisotopic (exact) mass is 384 g/mol. The summed E-state index contributed by atoms with van der Waals surface area (Å²) in [6.07, 6.45) is 2.17. The number of carbonyl (C=O) groups is 2. The predicted molar refractivity (Wildman–Crippen MR) is 103 cm³/mol. The van der Waals surface area contributed by atoms with Gasteiger partial charge in [0.1, 0.15) is 5.75 Å². The highest BCUT2D eigenvalue weighted by atomic mass is 16.6. The average molecular weight is 384 g/mol. The Morgan fingerprint density at radius 3 is 2.64 bits per heavy atom. The first-order valence-electron chi connectivity index (χ1n) is 8.57. The Balaban J connectivity index is 1.79. The number of hydrogen-bond acceptors (Lipinski definition) is 6. The summed E-state index contributed by atoms with van der Waals surface area (Å²) in [5.74, 6) is -0.260. The van der Waals surface area contributed by atoms with Crippen LogP contribution in [0, 0.1) is 10.1 Å². The molecule has 2 aromatic carbocycles. The summed E-state index contributed by atoms with van der Waals surface area (Å²) >= 11 is 0. The lowest BCUT2D eigenvalue weighted by Gasteiger charge is -2.07. The van der Waals surface area contributed by atoms with Gasteiger partial charge < -0.3 is 10.1 Å². The molecule has 0 aliphatic carbocycles. The molecule has 0 bridgehead atoms. The van der Waals surface area contributed by atoms with E-state index in [0.29, 0.717) is 23.5 Å². The third-order valence-electron chi connectivity index (χ3n) is 3.48. The van der Waals surface area contributed by atoms with Gasteiger partial charge in [0.15, 0.2) is 0 Å². The van der Waals surface area contributed by atoms with E-state index in [9.17, 15) is 19.7 Å². The van der Waals surface area contributed by atoms with Crippen molar-refractivity contribution < 1.29 is 19.2 Å². The Kier molecular flexibility index (Phi) is 7.64. The zero-order valence-corrected chi connectivity index (χ0v) is 15.3. The van der Waals surface area contributed by atoms with Crippen LogP contribution in [0.5, 0.6) is 5.75 Å². The molecule has 9 heteroatoms. The molecule has 0 atom stereocenters. The van der Waals surface area contributed by atoms with Gasteiger partial charge in [0.05, 0.1) is 24.3 Å². The number of amides is 2. The number of nitro benzene ring substituents is 1. The van der Waals surface area contributed by atoms with Gasteiger partial charge in [-0.1, -0.05) is 19.1 Å². The number of carbonyl (C=O) groups excluding carboxylic acids is 2. The minimum Gasteiger partial charge on any atom is -0.494 e. The van der Waals surface area contributed by atoms with Gasteiger partial charge in [-0.05, 0) is 30.7 Å². The molecular formula is C19H20N4O5.